The summed E-state index contributed by atoms with van der Waals surface area (Å²) in [6.07, 6.45) is -0.0135. The number of nitrogens with zero attached hydrogens (tertiary/aromatic N) is 4. The zero-order chi connectivity index (χ0) is 27.6. The molecule has 3 N–H and O–H groups in total. The van der Waals surface area contributed by atoms with Crippen LogP contribution in [-0.2, 0) is 13.6 Å². The van der Waals surface area contributed by atoms with Crippen LogP contribution in [0.2, 0.25) is 36.3 Å². The van der Waals surface area contributed by atoms with Gasteiger partial charge in [-0.2, -0.15) is 9.97 Å². The maximum Gasteiger partial charge on any atom is 0.224 e. The molecule has 2 aromatic heterocycles. The topological polar surface area (TPSA) is 109 Å². The van der Waals surface area contributed by atoms with E-state index in [2.05, 4.69) is 88.0 Å². The van der Waals surface area contributed by atoms with Crippen molar-refractivity contribution >= 4 is 39.6 Å². The predicted molar refractivity (Wildman–Crippen MR) is 150 cm³/mol. The molecular formula is C25H45FN6O3Si2. The van der Waals surface area contributed by atoms with Crippen molar-refractivity contribution < 1.29 is 18.0 Å². The first-order valence-electron chi connectivity index (χ1n) is 13.3. The number of aromatic nitrogens is 4. The van der Waals surface area contributed by atoms with Crippen molar-refractivity contribution in [2.45, 2.75) is 121 Å². The van der Waals surface area contributed by atoms with Gasteiger partial charge in [0.2, 0.25) is 5.95 Å². The Morgan fingerprint density at radius 1 is 1.08 bits per heavy atom. The third kappa shape index (κ3) is 5.73. The van der Waals surface area contributed by atoms with Crippen LogP contribution in [0, 0.1) is 0 Å². The summed E-state index contributed by atoms with van der Waals surface area (Å²) in [6.45, 7) is 21.9. The van der Waals surface area contributed by atoms with Crippen molar-refractivity contribution in [2.75, 3.05) is 17.7 Å². The van der Waals surface area contributed by atoms with E-state index < -0.39 is 41.2 Å². The maximum atomic E-state index is 16.4. The average Bonchev–Trinajstić information content (AvgIpc) is 3.39. The summed E-state index contributed by atoms with van der Waals surface area (Å²) in [5, 5.41) is 3.30. The number of anilines is 2. The van der Waals surface area contributed by atoms with Crippen LogP contribution in [-0.4, -0.2) is 67.2 Å². The molecule has 9 nitrogen and oxygen atoms in total. The molecule has 12 heteroatoms. The molecule has 1 aliphatic heterocycles. The Balaban J connectivity index is 1.66. The van der Waals surface area contributed by atoms with E-state index in [0.29, 0.717) is 23.0 Å². The highest BCUT2D eigenvalue weighted by atomic mass is 28.4. The van der Waals surface area contributed by atoms with Crippen molar-refractivity contribution in [1.29, 1.82) is 0 Å². The van der Waals surface area contributed by atoms with Crippen LogP contribution in [0.5, 0.6) is 0 Å². The van der Waals surface area contributed by atoms with Crippen LogP contribution in [0.25, 0.3) is 11.2 Å². The Bertz CT molecular complexity index is 1130. The summed E-state index contributed by atoms with van der Waals surface area (Å²) in [4.78, 5) is 13.3. The molecule has 0 bridgehead atoms. The molecule has 0 spiro atoms. The molecule has 1 aliphatic carbocycles. The summed E-state index contributed by atoms with van der Waals surface area (Å²) in [5.74, 6) is 0.682. The van der Waals surface area contributed by atoms with Gasteiger partial charge >= 0.3 is 0 Å². The molecule has 3 heterocycles. The fourth-order valence-electron chi connectivity index (χ4n) is 3.86. The van der Waals surface area contributed by atoms with E-state index in [-0.39, 0.29) is 22.6 Å². The fourth-order valence-corrected chi connectivity index (χ4v) is 6.19. The van der Waals surface area contributed by atoms with Gasteiger partial charge in [0.15, 0.2) is 46.0 Å². The van der Waals surface area contributed by atoms with Crippen LogP contribution in [0.4, 0.5) is 16.2 Å². The van der Waals surface area contributed by atoms with Gasteiger partial charge in [0.25, 0.3) is 0 Å². The van der Waals surface area contributed by atoms with Crippen LogP contribution < -0.4 is 11.1 Å². The molecule has 208 valence electrons. The van der Waals surface area contributed by atoms with E-state index in [0.717, 1.165) is 12.8 Å². The lowest BCUT2D eigenvalue weighted by Gasteiger charge is -2.40. The largest absolute Gasteiger partial charge is 0.414 e. The number of hydrogen-bond acceptors (Lipinski definition) is 8. The van der Waals surface area contributed by atoms with Gasteiger partial charge in [0.1, 0.15) is 12.2 Å². The molecule has 0 aromatic carbocycles. The van der Waals surface area contributed by atoms with Crippen LogP contribution in [0.15, 0.2) is 6.33 Å². The molecule has 2 fully saturated rings. The lowest BCUT2D eigenvalue weighted by atomic mass is 10.1. The van der Waals surface area contributed by atoms with Gasteiger partial charge in [-0.3, -0.25) is 4.57 Å². The molecule has 2 aliphatic rings. The van der Waals surface area contributed by atoms with Gasteiger partial charge < -0.3 is 24.6 Å². The van der Waals surface area contributed by atoms with Crippen molar-refractivity contribution in [2.24, 2.45) is 0 Å². The number of imidazole rings is 1. The first-order chi connectivity index (χ1) is 16.9. The highest BCUT2D eigenvalue weighted by Crippen LogP contribution is 2.44. The highest BCUT2D eigenvalue weighted by Gasteiger charge is 2.52. The number of fused-ring (bicyclic) bond motifs is 1. The fraction of sp³-hybridized carbons (Fsp3) is 0.800. The molecule has 1 saturated heterocycles. The Hall–Kier alpha value is -1.61. The first kappa shape index (κ1) is 28.4. The van der Waals surface area contributed by atoms with E-state index in [9.17, 15) is 0 Å². The Kier molecular flexibility index (Phi) is 7.33. The van der Waals surface area contributed by atoms with Crippen LogP contribution in [0.3, 0.4) is 0 Å². The Morgan fingerprint density at radius 3 is 2.27 bits per heavy atom. The van der Waals surface area contributed by atoms with E-state index in [4.69, 9.17) is 19.3 Å². The van der Waals surface area contributed by atoms with Crippen molar-refractivity contribution in [3.05, 3.63) is 6.33 Å². The minimum absolute atomic E-state index is 0.0237. The Labute approximate surface area is 222 Å². The number of rotatable bonds is 8. The molecule has 0 radical (unpaired) electrons. The predicted octanol–water partition coefficient (Wildman–Crippen LogP) is 5.63. The monoisotopic (exact) mass is 552 g/mol. The lowest BCUT2D eigenvalue weighted by molar-refractivity contribution is -0.0421. The second-order valence-electron chi connectivity index (χ2n) is 13.6. The van der Waals surface area contributed by atoms with Crippen molar-refractivity contribution in [1.82, 2.24) is 19.5 Å². The zero-order valence-electron chi connectivity index (χ0n) is 24.1. The summed E-state index contributed by atoms with van der Waals surface area (Å²) in [5.41, 5.74) is 7.03. The number of nitrogen functional groups attached to an aromatic ring is 1. The SMILES string of the molecule is CC(C)(C)[Si](C)(C)OC[C@H]1O[C@@H](n2cnc3c(NC4CC4)nc(N)nc32)[C@H](F)C1O[Si](C)(C)C(C)(C)C. The summed E-state index contributed by atoms with van der Waals surface area (Å²) >= 11 is 0. The normalized spacial score (nSPS) is 25.7. The molecule has 2 aromatic rings. The van der Waals surface area contributed by atoms with E-state index >= 15 is 4.39 Å². The van der Waals surface area contributed by atoms with Gasteiger partial charge in [-0.25, -0.2) is 9.37 Å². The van der Waals surface area contributed by atoms with Gasteiger partial charge in [0, 0.05) is 6.04 Å². The summed E-state index contributed by atoms with van der Waals surface area (Å²) < 4.78 is 37.6. The van der Waals surface area contributed by atoms with E-state index in [1.807, 2.05) is 0 Å². The first-order valence-corrected chi connectivity index (χ1v) is 19.1. The number of ether oxygens (including phenoxy) is 1. The number of nitrogens with two attached hydrogens (primary N) is 1. The number of hydrogen-bond donors (Lipinski definition) is 2. The van der Waals surface area contributed by atoms with Crippen molar-refractivity contribution in [3.8, 4) is 0 Å². The van der Waals surface area contributed by atoms with Gasteiger partial charge in [0.05, 0.1) is 12.9 Å². The standard InChI is InChI=1S/C25H45FN6O3Si2/c1-24(2,3)36(7,8)33-13-16-19(35-37(9,10)25(4,5)6)17(26)22(34-16)32-14-28-18-20(29-15-11-12-15)30-23(27)31-21(18)32/h14-17,19,22H,11-13H2,1-10H3,(H3,27,29,30,31)/t16-,17-,19?,22-/m1/s1. The molecule has 4 rings (SSSR count). The van der Waals surface area contributed by atoms with Gasteiger partial charge in [-0.05, 0) is 49.1 Å². The third-order valence-electron chi connectivity index (χ3n) is 8.55. The molecule has 1 saturated carbocycles. The summed E-state index contributed by atoms with van der Waals surface area (Å²) in [6, 6.07) is 0.360. The smallest absolute Gasteiger partial charge is 0.224 e. The van der Waals surface area contributed by atoms with Crippen LogP contribution >= 0.6 is 0 Å². The third-order valence-corrected chi connectivity index (χ3v) is 17.5. The molecular weight excluding hydrogens is 507 g/mol. The van der Waals surface area contributed by atoms with Gasteiger partial charge in [-0.15, -0.1) is 0 Å². The molecule has 37 heavy (non-hydrogen) atoms. The molecule has 0 amide bonds. The van der Waals surface area contributed by atoms with E-state index in [1.165, 1.54) is 0 Å². The quantitative estimate of drug-likeness (QED) is 0.406. The lowest BCUT2D eigenvalue weighted by Crippen LogP contribution is -2.50. The zero-order valence-corrected chi connectivity index (χ0v) is 26.1. The second kappa shape index (κ2) is 9.54. The van der Waals surface area contributed by atoms with Crippen molar-refractivity contribution in [3.63, 3.8) is 0 Å². The maximum absolute atomic E-state index is 16.4. The number of alkyl halides is 1. The minimum Gasteiger partial charge on any atom is -0.414 e. The summed E-state index contributed by atoms with van der Waals surface area (Å²) in [7, 11) is -4.39. The Morgan fingerprint density at radius 2 is 1.70 bits per heavy atom. The second-order valence-corrected chi connectivity index (χ2v) is 23.2. The minimum atomic E-state index is -2.31. The van der Waals surface area contributed by atoms with E-state index in [1.54, 1.807) is 10.9 Å². The average molecular weight is 553 g/mol. The number of halogens is 1. The number of nitrogens with one attached hydrogen (secondary N) is 1. The molecule has 1 unspecified atom stereocenters. The molecule has 4 atom stereocenters. The highest BCUT2D eigenvalue weighted by molar-refractivity contribution is 6.74. The van der Waals surface area contributed by atoms with Crippen LogP contribution in [0.1, 0.15) is 60.6 Å². The van der Waals surface area contributed by atoms with Gasteiger partial charge in [-0.1, -0.05) is 41.5 Å².